The molecule has 1 amide bonds. The van der Waals surface area contributed by atoms with E-state index in [9.17, 15) is 4.79 Å². The molecule has 0 aliphatic carbocycles. The molecule has 6 nitrogen and oxygen atoms in total. The summed E-state index contributed by atoms with van der Waals surface area (Å²) in [6, 6.07) is 0. The Labute approximate surface area is 115 Å². The summed E-state index contributed by atoms with van der Waals surface area (Å²) in [5.41, 5.74) is 0. The summed E-state index contributed by atoms with van der Waals surface area (Å²) in [6.45, 7) is 9.45. The van der Waals surface area contributed by atoms with Crippen molar-refractivity contribution in [3.8, 4) is 0 Å². The van der Waals surface area contributed by atoms with E-state index < -0.39 is 0 Å². The largest absolute Gasteiger partial charge is 0.355 e. The Morgan fingerprint density at radius 1 is 1.11 bits per heavy atom. The molecule has 1 N–H and O–H groups in total. The molecule has 2 aliphatic heterocycles. The van der Waals surface area contributed by atoms with Crippen molar-refractivity contribution in [2.45, 2.75) is 13.3 Å². The number of likely N-dealkylation sites (tertiary alicyclic amines) is 1. The van der Waals surface area contributed by atoms with Crippen LogP contribution in [0.1, 0.15) is 13.3 Å². The highest BCUT2D eigenvalue weighted by atomic mass is 16.2. The first-order valence-electron chi connectivity index (χ1n) is 7.14. The van der Waals surface area contributed by atoms with Gasteiger partial charge in [0, 0.05) is 53.2 Å². The molecule has 0 aromatic carbocycles. The number of carbonyl (C=O) groups excluding carboxylic acids is 1. The molecule has 0 bridgehead atoms. The Morgan fingerprint density at radius 2 is 1.74 bits per heavy atom. The number of nitrogens with one attached hydrogen (secondary N) is 1. The second kappa shape index (κ2) is 6.75. The number of hydrogen-bond acceptors (Lipinski definition) is 3. The van der Waals surface area contributed by atoms with Crippen LogP contribution in [0.2, 0.25) is 0 Å². The predicted molar refractivity (Wildman–Crippen MR) is 76.2 cm³/mol. The highest BCUT2D eigenvalue weighted by molar-refractivity contribution is 5.80. The van der Waals surface area contributed by atoms with Gasteiger partial charge in [0.05, 0.1) is 0 Å². The van der Waals surface area contributed by atoms with Crippen LogP contribution in [0.4, 0.5) is 0 Å². The smallest absolute Gasteiger partial charge is 0.219 e. The van der Waals surface area contributed by atoms with Gasteiger partial charge in [-0.05, 0) is 19.5 Å². The second-order valence-corrected chi connectivity index (χ2v) is 5.16. The number of guanidine groups is 1. The van der Waals surface area contributed by atoms with E-state index in [0.717, 1.165) is 45.2 Å². The van der Waals surface area contributed by atoms with Gasteiger partial charge in [0.25, 0.3) is 0 Å². The molecule has 2 aliphatic rings. The molecular formula is C13H25N5O. The van der Waals surface area contributed by atoms with Gasteiger partial charge >= 0.3 is 0 Å². The van der Waals surface area contributed by atoms with Crippen LogP contribution in [0.3, 0.4) is 0 Å². The van der Waals surface area contributed by atoms with E-state index in [1.54, 1.807) is 6.92 Å². The van der Waals surface area contributed by atoms with Gasteiger partial charge in [-0.1, -0.05) is 0 Å². The van der Waals surface area contributed by atoms with Crippen LogP contribution in [0.5, 0.6) is 0 Å². The molecule has 2 rings (SSSR count). The molecular weight excluding hydrogens is 242 g/mol. The summed E-state index contributed by atoms with van der Waals surface area (Å²) >= 11 is 0. The van der Waals surface area contributed by atoms with E-state index in [0.29, 0.717) is 0 Å². The molecule has 0 atom stereocenters. The van der Waals surface area contributed by atoms with E-state index in [1.807, 2.05) is 11.9 Å². The minimum Gasteiger partial charge on any atom is -0.355 e. The zero-order valence-electron chi connectivity index (χ0n) is 12.1. The van der Waals surface area contributed by atoms with Crippen LogP contribution in [-0.2, 0) is 4.79 Å². The third-order valence-corrected chi connectivity index (χ3v) is 3.90. The van der Waals surface area contributed by atoms with Crippen LogP contribution >= 0.6 is 0 Å². The number of rotatable bonds is 3. The Morgan fingerprint density at radius 3 is 2.21 bits per heavy atom. The molecule has 108 valence electrons. The van der Waals surface area contributed by atoms with Crippen molar-refractivity contribution in [3.05, 3.63) is 0 Å². The molecule has 6 heteroatoms. The minimum absolute atomic E-state index is 0.167. The Kier molecular flexibility index (Phi) is 5.01. The highest BCUT2D eigenvalue weighted by Crippen LogP contribution is 2.04. The van der Waals surface area contributed by atoms with Gasteiger partial charge in [0.2, 0.25) is 5.91 Å². The third kappa shape index (κ3) is 3.83. The molecule has 0 spiro atoms. The normalized spacial score (nSPS) is 21.3. The van der Waals surface area contributed by atoms with Crippen molar-refractivity contribution in [3.63, 3.8) is 0 Å². The third-order valence-electron chi connectivity index (χ3n) is 3.90. The first-order valence-corrected chi connectivity index (χ1v) is 7.14. The van der Waals surface area contributed by atoms with Crippen molar-refractivity contribution in [2.75, 3.05) is 59.4 Å². The van der Waals surface area contributed by atoms with Crippen LogP contribution in [-0.4, -0.2) is 86.0 Å². The van der Waals surface area contributed by atoms with E-state index in [1.165, 1.54) is 19.5 Å². The van der Waals surface area contributed by atoms with Gasteiger partial charge in [-0.2, -0.15) is 0 Å². The van der Waals surface area contributed by atoms with Crippen LogP contribution in [0, 0.1) is 0 Å². The summed E-state index contributed by atoms with van der Waals surface area (Å²) in [5.74, 6) is 1.13. The van der Waals surface area contributed by atoms with Crippen LogP contribution in [0.25, 0.3) is 0 Å². The maximum atomic E-state index is 11.3. The predicted octanol–water partition coefficient (Wildman–Crippen LogP) is -0.568. The lowest BCUT2D eigenvalue weighted by Crippen LogP contribution is -2.54. The van der Waals surface area contributed by atoms with E-state index in [-0.39, 0.29) is 5.91 Å². The maximum absolute atomic E-state index is 11.3. The number of hydrogen-bond donors (Lipinski definition) is 1. The van der Waals surface area contributed by atoms with Crippen molar-refractivity contribution < 1.29 is 4.79 Å². The van der Waals surface area contributed by atoms with Crippen molar-refractivity contribution in [1.29, 1.82) is 0 Å². The Hall–Kier alpha value is -1.30. The van der Waals surface area contributed by atoms with E-state index >= 15 is 0 Å². The number of piperazine rings is 1. The quantitative estimate of drug-likeness (QED) is 0.550. The van der Waals surface area contributed by atoms with Crippen LogP contribution in [0.15, 0.2) is 4.99 Å². The maximum Gasteiger partial charge on any atom is 0.219 e. The minimum atomic E-state index is 0.167. The summed E-state index contributed by atoms with van der Waals surface area (Å²) in [7, 11) is 1.82. The summed E-state index contributed by atoms with van der Waals surface area (Å²) in [6.07, 6.45) is 1.34. The van der Waals surface area contributed by atoms with Gasteiger partial charge in [0.1, 0.15) is 0 Å². The average Bonchev–Trinajstić information content (AvgIpc) is 2.37. The fourth-order valence-electron chi connectivity index (χ4n) is 2.50. The fourth-order valence-corrected chi connectivity index (χ4v) is 2.50. The molecule has 19 heavy (non-hydrogen) atoms. The lowest BCUT2D eigenvalue weighted by molar-refractivity contribution is -0.130. The SMILES string of the molecule is CN=C(NCCN1CCC1)N1CCN(C(C)=O)CC1. The van der Waals surface area contributed by atoms with Gasteiger partial charge in [0.15, 0.2) is 5.96 Å². The summed E-state index contributed by atoms with van der Waals surface area (Å²) in [5, 5.41) is 3.41. The van der Waals surface area contributed by atoms with Gasteiger partial charge < -0.3 is 20.0 Å². The molecule has 2 saturated heterocycles. The Balaban J connectivity index is 1.71. The summed E-state index contributed by atoms with van der Waals surface area (Å²) < 4.78 is 0. The highest BCUT2D eigenvalue weighted by Gasteiger charge is 2.21. The topological polar surface area (TPSA) is 51.2 Å². The number of carbonyl (C=O) groups is 1. The van der Waals surface area contributed by atoms with Gasteiger partial charge in [-0.15, -0.1) is 0 Å². The molecule has 0 unspecified atom stereocenters. The zero-order valence-corrected chi connectivity index (χ0v) is 12.1. The summed E-state index contributed by atoms with van der Waals surface area (Å²) in [4.78, 5) is 22.2. The standard InChI is InChI=1S/C13H25N5O/c1-12(19)17-8-10-18(11-9-17)13(14-2)15-4-7-16-5-3-6-16/h3-11H2,1-2H3,(H,14,15). The molecule has 2 fully saturated rings. The van der Waals surface area contributed by atoms with Crippen molar-refractivity contribution in [1.82, 2.24) is 20.0 Å². The number of aliphatic imine (C=N–C) groups is 1. The van der Waals surface area contributed by atoms with E-state index in [4.69, 9.17) is 0 Å². The lowest BCUT2D eigenvalue weighted by atomic mass is 10.2. The molecule has 0 aromatic heterocycles. The van der Waals surface area contributed by atoms with Crippen molar-refractivity contribution in [2.24, 2.45) is 4.99 Å². The van der Waals surface area contributed by atoms with Crippen molar-refractivity contribution >= 4 is 11.9 Å². The van der Waals surface area contributed by atoms with Crippen LogP contribution < -0.4 is 5.32 Å². The number of amides is 1. The molecule has 0 aromatic rings. The second-order valence-electron chi connectivity index (χ2n) is 5.16. The Bertz CT molecular complexity index is 332. The lowest BCUT2D eigenvalue weighted by Gasteiger charge is -2.36. The van der Waals surface area contributed by atoms with Gasteiger partial charge in [-0.25, -0.2) is 0 Å². The average molecular weight is 267 g/mol. The van der Waals surface area contributed by atoms with Gasteiger partial charge in [-0.3, -0.25) is 9.79 Å². The number of nitrogens with zero attached hydrogens (tertiary/aromatic N) is 4. The van der Waals surface area contributed by atoms with E-state index in [2.05, 4.69) is 20.1 Å². The first kappa shape index (κ1) is 14.1. The monoisotopic (exact) mass is 267 g/mol. The molecule has 2 heterocycles. The fraction of sp³-hybridized carbons (Fsp3) is 0.846. The zero-order chi connectivity index (χ0) is 13.7. The molecule has 0 saturated carbocycles. The molecule has 0 radical (unpaired) electrons. The first-order chi connectivity index (χ1) is 9.20.